The van der Waals surface area contributed by atoms with Gasteiger partial charge in [-0.1, -0.05) is 12.8 Å². The molecule has 1 N–H and O–H groups in total. The van der Waals surface area contributed by atoms with E-state index in [0.717, 1.165) is 36.6 Å². The van der Waals surface area contributed by atoms with Crippen LogP contribution < -0.4 is 5.32 Å². The summed E-state index contributed by atoms with van der Waals surface area (Å²) in [4.78, 5) is 19.4. The standard InChI is InChI=1S/C16H21N5OS/c22-16(19-12-3-1-2-4-12)14-10-20(11-15-17-7-8-23-15)9-13-5-6-18-21(13)14/h5-8,12,14H,1-4,9-11H2,(H,19,22)/t14-/m0/s1. The summed E-state index contributed by atoms with van der Waals surface area (Å²) in [6.07, 6.45) is 8.27. The second-order valence-electron chi connectivity index (χ2n) is 6.37. The molecule has 122 valence electrons. The van der Waals surface area contributed by atoms with Crippen LogP contribution in [0, 0.1) is 0 Å². The van der Waals surface area contributed by atoms with Crippen molar-refractivity contribution < 1.29 is 4.79 Å². The molecule has 1 saturated carbocycles. The molecule has 1 aliphatic carbocycles. The Hall–Kier alpha value is -1.73. The van der Waals surface area contributed by atoms with Crippen molar-refractivity contribution in [2.24, 2.45) is 0 Å². The predicted molar refractivity (Wildman–Crippen MR) is 87.9 cm³/mol. The Kier molecular flexibility index (Phi) is 4.13. The molecule has 4 rings (SSSR count). The van der Waals surface area contributed by atoms with Gasteiger partial charge in [0.25, 0.3) is 0 Å². The SMILES string of the molecule is O=C(NC1CCCC1)[C@@H]1CN(Cc2nccs2)Cc2ccnn21. The molecule has 0 unspecified atom stereocenters. The molecule has 2 aliphatic rings. The maximum absolute atomic E-state index is 12.8. The predicted octanol–water partition coefficient (Wildman–Crippen LogP) is 1.96. The summed E-state index contributed by atoms with van der Waals surface area (Å²) >= 11 is 1.66. The minimum absolute atomic E-state index is 0.102. The third kappa shape index (κ3) is 3.16. The van der Waals surface area contributed by atoms with Crippen LogP contribution in [0.4, 0.5) is 0 Å². The zero-order valence-corrected chi connectivity index (χ0v) is 13.8. The number of carbonyl (C=O) groups excluding carboxylic acids is 1. The van der Waals surface area contributed by atoms with Gasteiger partial charge >= 0.3 is 0 Å². The van der Waals surface area contributed by atoms with Gasteiger partial charge < -0.3 is 5.32 Å². The lowest BCUT2D eigenvalue weighted by Gasteiger charge is -2.33. The van der Waals surface area contributed by atoms with Crippen LogP contribution in [0.5, 0.6) is 0 Å². The van der Waals surface area contributed by atoms with Gasteiger partial charge in [-0.05, 0) is 18.9 Å². The highest BCUT2D eigenvalue weighted by molar-refractivity contribution is 7.09. The van der Waals surface area contributed by atoms with E-state index in [2.05, 4.69) is 20.3 Å². The summed E-state index contributed by atoms with van der Waals surface area (Å²) in [6.45, 7) is 2.29. The molecule has 2 aromatic rings. The number of amides is 1. The van der Waals surface area contributed by atoms with E-state index in [1.807, 2.05) is 22.3 Å². The first-order chi connectivity index (χ1) is 11.3. The van der Waals surface area contributed by atoms with Crippen LogP contribution in [0.1, 0.15) is 42.4 Å². The maximum atomic E-state index is 12.8. The van der Waals surface area contributed by atoms with Gasteiger partial charge in [-0.2, -0.15) is 5.10 Å². The molecule has 2 aromatic heterocycles. The van der Waals surface area contributed by atoms with E-state index in [4.69, 9.17) is 0 Å². The molecule has 0 aromatic carbocycles. The fourth-order valence-corrected chi connectivity index (χ4v) is 4.22. The third-order valence-corrected chi connectivity index (χ3v) is 5.48. The number of hydrogen-bond acceptors (Lipinski definition) is 5. The number of thiazole rings is 1. The summed E-state index contributed by atoms with van der Waals surface area (Å²) in [5, 5.41) is 10.7. The van der Waals surface area contributed by atoms with Gasteiger partial charge in [0.05, 0.1) is 12.2 Å². The number of nitrogens with one attached hydrogen (secondary N) is 1. The molecular formula is C16H21N5OS. The molecule has 1 aliphatic heterocycles. The third-order valence-electron chi connectivity index (χ3n) is 4.71. The zero-order chi connectivity index (χ0) is 15.6. The number of hydrogen-bond donors (Lipinski definition) is 1. The molecule has 0 radical (unpaired) electrons. The van der Waals surface area contributed by atoms with E-state index in [1.54, 1.807) is 17.5 Å². The van der Waals surface area contributed by atoms with E-state index in [-0.39, 0.29) is 11.9 Å². The summed E-state index contributed by atoms with van der Waals surface area (Å²) in [5.41, 5.74) is 1.10. The molecule has 0 spiro atoms. The number of aromatic nitrogens is 3. The van der Waals surface area contributed by atoms with E-state index in [0.29, 0.717) is 12.6 Å². The van der Waals surface area contributed by atoms with Gasteiger partial charge in [0.15, 0.2) is 0 Å². The van der Waals surface area contributed by atoms with E-state index >= 15 is 0 Å². The normalized spacial score (nSPS) is 22.2. The van der Waals surface area contributed by atoms with Crippen molar-refractivity contribution in [1.29, 1.82) is 0 Å². The average molecular weight is 331 g/mol. The summed E-state index contributed by atoms with van der Waals surface area (Å²) in [5.74, 6) is 0.102. The van der Waals surface area contributed by atoms with Crippen LogP contribution in [-0.2, 0) is 17.9 Å². The van der Waals surface area contributed by atoms with Gasteiger partial charge in [-0.25, -0.2) is 4.98 Å². The average Bonchev–Trinajstić information content (AvgIpc) is 3.28. The Balaban J connectivity index is 1.49. The highest BCUT2D eigenvalue weighted by Crippen LogP contribution is 2.24. The maximum Gasteiger partial charge on any atom is 0.246 e. The Bertz CT molecular complexity index is 662. The first-order valence-corrected chi connectivity index (χ1v) is 9.11. The van der Waals surface area contributed by atoms with Gasteiger partial charge in [0, 0.05) is 36.9 Å². The number of fused-ring (bicyclic) bond motifs is 1. The Morgan fingerprint density at radius 1 is 1.35 bits per heavy atom. The smallest absolute Gasteiger partial charge is 0.246 e. The molecule has 0 bridgehead atoms. The van der Waals surface area contributed by atoms with Crippen molar-refractivity contribution in [2.75, 3.05) is 6.54 Å². The largest absolute Gasteiger partial charge is 0.351 e. The van der Waals surface area contributed by atoms with Crippen LogP contribution in [0.25, 0.3) is 0 Å². The van der Waals surface area contributed by atoms with Crippen molar-refractivity contribution in [2.45, 2.75) is 50.9 Å². The first-order valence-electron chi connectivity index (χ1n) is 8.23. The van der Waals surface area contributed by atoms with Gasteiger partial charge in [-0.3, -0.25) is 14.4 Å². The minimum atomic E-state index is -0.241. The topological polar surface area (TPSA) is 63.1 Å². The summed E-state index contributed by atoms with van der Waals surface area (Å²) in [7, 11) is 0. The molecule has 3 heterocycles. The second kappa shape index (κ2) is 6.41. The molecule has 1 atom stereocenters. The van der Waals surface area contributed by atoms with Gasteiger partial charge in [-0.15, -0.1) is 11.3 Å². The fourth-order valence-electron chi connectivity index (χ4n) is 3.57. The molecule has 6 nitrogen and oxygen atoms in total. The highest BCUT2D eigenvalue weighted by atomic mass is 32.1. The molecule has 23 heavy (non-hydrogen) atoms. The number of carbonyl (C=O) groups is 1. The van der Waals surface area contributed by atoms with Crippen molar-refractivity contribution in [3.8, 4) is 0 Å². The molecule has 1 fully saturated rings. The highest BCUT2D eigenvalue weighted by Gasteiger charge is 2.32. The fraction of sp³-hybridized carbons (Fsp3) is 0.562. The molecular weight excluding hydrogens is 310 g/mol. The Morgan fingerprint density at radius 3 is 3.00 bits per heavy atom. The minimum Gasteiger partial charge on any atom is -0.351 e. The Labute approximate surface area is 139 Å². The summed E-state index contributed by atoms with van der Waals surface area (Å²) < 4.78 is 1.89. The van der Waals surface area contributed by atoms with Crippen molar-refractivity contribution in [3.05, 3.63) is 34.5 Å². The van der Waals surface area contributed by atoms with Crippen molar-refractivity contribution in [1.82, 2.24) is 25.0 Å². The molecule has 7 heteroatoms. The van der Waals surface area contributed by atoms with Crippen LogP contribution in [0.15, 0.2) is 23.8 Å². The van der Waals surface area contributed by atoms with Gasteiger partial charge in [0.2, 0.25) is 5.91 Å². The number of nitrogens with zero attached hydrogens (tertiary/aromatic N) is 4. The zero-order valence-electron chi connectivity index (χ0n) is 13.0. The van der Waals surface area contributed by atoms with E-state index < -0.39 is 0 Å². The number of rotatable bonds is 4. The summed E-state index contributed by atoms with van der Waals surface area (Å²) in [6, 6.07) is 2.11. The van der Waals surface area contributed by atoms with E-state index in [9.17, 15) is 4.79 Å². The van der Waals surface area contributed by atoms with Crippen LogP contribution in [0.2, 0.25) is 0 Å². The van der Waals surface area contributed by atoms with Crippen LogP contribution >= 0.6 is 11.3 Å². The van der Waals surface area contributed by atoms with Crippen molar-refractivity contribution in [3.63, 3.8) is 0 Å². The van der Waals surface area contributed by atoms with Gasteiger partial charge in [0.1, 0.15) is 11.0 Å². The quantitative estimate of drug-likeness (QED) is 0.930. The molecule has 1 amide bonds. The van der Waals surface area contributed by atoms with Crippen LogP contribution in [0.3, 0.4) is 0 Å². The second-order valence-corrected chi connectivity index (χ2v) is 7.35. The lowest BCUT2D eigenvalue weighted by atomic mass is 10.1. The Morgan fingerprint density at radius 2 is 2.22 bits per heavy atom. The lowest BCUT2D eigenvalue weighted by molar-refractivity contribution is -0.126. The lowest BCUT2D eigenvalue weighted by Crippen LogP contribution is -2.46. The molecule has 0 saturated heterocycles. The van der Waals surface area contributed by atoms with Crippen LogP contribution in [-0.4, -0.2) is 38.2 Å². The van der Waals surface area contributed by atoms with E-state index in [1.165, 1.54) is 12.8 Å². The van der Waals surface area contributed by atoms with Crippen molar-refractivity contribution >= 4 is 17.2 Å². The monoisotopic (exact) mass is 331 g/mol. The first kappa shape index (κ1) is 14.8.